The number of carbonyl (C=O) groups excluding carboxylic acids is 2. The Morgan fingerprint density at radius 3 is 2.60 bits per heavy atom. The number of aliphatic hydroxyl groups excluding tert-OH is 1. The van der Waals surface area contributed by atoms with E-state index >= 15 is 0 Å². The molecule has 5 nitrogen and oxygen atoms in total. The van der Waals surface area contributed by atoms with Crippen LogP contribution in [0.25, 0.3) is 0 Å². The van der Waals surface area contributed by atoms with E-state index in [4.69, 9.17) is 0 Å². The van der Waals surface area contributed by atoms with Crippen LogP contribution in [0.2, 0.25) is 0 Å². The Hall–Kier alpha value is -0.750. The predicted octanol–water partition coefficient (Wildman–Crippen LogP) is 0.207. The van der Waals surface area contributed by atoms with Gasteiger partial charge in [0.25, 0.3) is 0 Å². The van der Waals surface area contributed by atoms with Gasteiger partial charge in [0.05, 0.1) is 32.0 Å². The lowest BCUT2D eigenvalue weighted by Gasteiger charge is -2.08. The fourth-order valence-corrected chi connectivity index (χ4v) is 1.60. The Balaban J connectivity index is 3.52. The lowest BCUT2D eigenvalue weighted by atomic mass is 10.3. The van der Waals surface area contributed by atoms with Crippen molar-refractivity contribution in [3.8, 4) is 0 Å². The molecule has 6 heteroatoms. The minimum atomic E-state index is -0.779. The zero-order chi connectivity index (χ0) is 11.7. The van der Waals surface area contributed by atoms with Gasteiger partial charge in [-0.1, -0.05) is 0 Å². The van der Waals surface area contributed by atoms with Gasteiger partial charge in [0.15, 0.2) is 0 Å². The molecule has 0 heterocycles. The molecule has 0 aliphatic carbocycles. The standard InChI is InChI=1S/C9H16O5S/c1-3-14-8(11)4-7(10)5-15-6-9(12)13-2/h7,10H,3-6H2,1-2H3. The van der Waals surface area contributed by atoms with Crippen LogP contribution in [0.3, 0.4) is 0 Å². The maximum absolute atomic E-state index is 10.9. The predicted molar refractivity (Wildman–Crippen MR) is 56.6 cm³/mol. The fourth-order valence-electron chi connectivity index (χ4n) is 0.808. The van der Waals surface area contributed by atoms with Crippen LogP contribution in [-0.4, -0.2) is 48.4 Å². The van der Waals surface area contributed by atoms with Gasteiger partial charge in [0, 0.05) is 5.75 Å². The Kier molecular flexibility index (Phi) is 8.12. The number of ether oxygens (including phenoxy) is 2. The molecule has 0 saturated heterocycles. The van der Waals surface area contributed by atoms with Gasteiger partial charge >= 0.3 is 11.9 Å². The van der Waals surface area contributed by atoms with E-state index in [9.17, 15) is 14.7 Å². The van der Waals surface area contributed by atoms with E-state index in [0.29, 0.717) is 12.4 Å². The molecule has 0 amide bonds. The van der Waals surface area contributed by atoms with Crippen molar-refractivity contribution in [2.24, 2.45) is 0 Å². The van der Waals surface area contributed by atoms with E-state index in [-0.39, 0.29) is 18.1 Å². The van der Waals surface area contributed by atoms with Crippen LogP contribution in [0.15, 0.2) is 0 Å². The number of thioether (sulfide) groups is 1. The van der Waals surface area contributed by atoms with E-state index < -0.39 is 12.1 Å². The van der Waals surface area contributed by atoms with Gasteiger partial charge in [-0.15, -0.1) is 11.8 Å². The molecule has 0 aliphatic rings. The van der Waals surface area contributed by atoms with Crippen LogP contribution < -0.4 is 0 Å². The molecule has 88 valence electrons. The summed E-state index contributed by atoms with van der Waals surface area (Å²) < 4.78 is 9.08. The maximum Gasteiger partial charge on any atom is 0.315 e. The number of methoxy groups -OCH3 is 1. The molecule has 0 fully saturated rings. The zero-order valence-corrected chi connectivity index (χ0v) is 9.71. The van der Waals surface area contributed by atoms with Crippen LogP contribution in [0.4, 0.5) is 0 Å². The Morgan fingerprint density at radius 2 is 2.07 bits per heavy atom. The van der Waals surface area contributed by atoms with Crippen molar-refractivity contribution in [1.29, 1.82) is 0 Å². The topological polar surface area (TPSA) is 72.8 Å². The number of hydrogen-bond donors (Lipinski definition) is 1. The molecule has 0 spiro atoms. The molecule has 0 aliphatic heterocycles. The van der Waals surface area contributed by atoms with Crippen molar-refractivity contribution >= 4 is 23.7 Å². The minimum Gasteiger partial charge on any atom is -0.468 e. The highest BCUT2D eigenvalue weighted by Gasteiger charge is 2.12. The van der Waals surface area contributed by atoms with Gasteiger partial charge in [-0.2, -0.15) is 0 Å². The quantitative estimate of drug-likeness (QED) is 0.637. The molecule has 0 aromatic rings. The number of hydrogen-bond acceptors (Lipinski definition) is 6. The van der Waals surface area contributed by atoms with Crippen molar-refractivity contribution < 1.29 is 24.2 Å². The molecule has 0 aromatic carbocycles. The number of aliphatic hydroxyl groups is 1. The van der Waals surface area contributed by atoms with Crippen molar-refractivity contribution in [3.05, 3.63) is 0 Å². The van der Waals surface area contributed by atoms with Crippen LogP contribution in [0.1, 0.15) is 13.3 Å². The summed E-state index contributed by atoms with van der Waals surface area (Å²) in [5.74, 6) is -0.281. The summed E-state index contributed by atoms with van der Waals surface area (Å²) in [7, 11) is 1.30. The first-order valence-electron chi connectivity index (χ1n) is 4.58. The second-order valence-electron chi connectivity index (χ2n) is 2.75. The Bertz CT molecular complexity index is 207. The van der Waals surface area contributed by atoms with Gasteiger partial charge in [-0.25, -0.2) is 0 Å². The Morgan fingerprint density at radius 1 is 1.40 bits per heavy atom. The first-order valence-corrected chi connectivity index (χ1v) is 5.73. The third kappa shape index (κ3) is 8.26. The molecule has 1 unspecified atom stereocenters. The molecule has 1 atom stereocenters. The number of carbonyl (C=O) groups is 2. The smallest absolute Gasteiger partial charge is 0.315 e. The van der Waals surface area contributed by atoms with Crippen LogP contribution >= 0.6 is 11.8 Å². The van der Waals surface area contributed by atoms with E-state index in [1.54, 1.807) is 6.92 Å². The maximum atomic E-state index is 10.9. The number of esters is 2. The van der Waals surface area contributed by atoms with Crippen LogP contribution in [0.5, 0.6) is 0 Å². The molecule has 0 saturated carbocycles. The fraction of sp³-hybridized carbons (Fsp3) is 0.778. The molecule has 0 rings (SSSR count). The highest BCUT2D eigenvalue weighted by Crippen LogP contribution is 2.06. The summed E-state index contributed by atoms with van der Waals surface area (Å²) in [6.45, 7) is 2.01. The highest BCUT2D eigenvalue weighted by molar-refractivity contribution is 7.99. The molecular weight excluding hydrogens is 220 g/mol. The average Bonchev–Trinajstić information content (AvgIpc) is 2.17. The SMILES string of the molecule is CCOC(=O)CC(O)CSCC(=O)OC. The van der Waals surface area contributed by atoms with Crippen molar-refractivity contribution in [3.63, 3.8) is 0 Å². The summed E-state index contributed by atoms with van der Waals surface area (Å²) >= 11 is 1.22. The zero-order valence-electron chi connectivity index (χ0n) is 8.89. The van der Waals surface area contributed by atoms with E-state index in [0.717, 1.165) is 0 Å². The normalized spacial score (nSPS) is 11.9. The van der Waals surface area contributed by atoms with Crippen molar-refractivity contribution in [1.82, 2.24) is 0 Å². The van der Waals surface area contributed by atoms with Gasteiger partial charge in [0.2, 0.25) is 0 Å². The molecular formula is C9H16O5S. The van der Waals surface area contributed by atoms with Crippen molar-refractivity contribution in [2.45, 2.75) is 19.4 Å². The summed E-state index contributed by atoms with van der Waals surface area (Å²) in [6.07, 6.45) is -0.819. The van der Waals surface area contributed by atoms with Gasteiger partial charge in [-0.05, 0) is 6.92 Å². The monoisotopic (exact) mass is 236 g/mol. The second kappa shape index (κ2) is 8.55. The average molecular weight is 236 g/mol. The third-order valence-electron chi connectivity index (χ3n) is 1.47. The van der Waals surface area contributed by atoms with Gasteiger partial charge in [0.1, 0.15) is 0 Å². The largest absolute Gasteiger partial charge is 0.468 e. The molecule has 0 bridgehead atoms. The van der Waals surface area contributed by atoms with Crippen LogP contribution in [-0.2, 0) is 19.1 Å². The number of rotatable bonds is 7. The minimum absolute atomic E-state index is 0.0397. The summed E-state index contributed by atoms with van der Waals surface area (Å²) in [5.41, 5.74) is 0. The summed E-state index contributed by atoms with van der Waals surface area (Å²) in [4.78, 5) is 21.6. The van der Waals surface area contributed by atoms with Crippen molar-refractivity contribution in [2.75, 3.05) is 25.2 Å². The third-order valence-corrected chi connectivity index (χ3v) is 2.53. The first kappa shape index (κ1) is 14.2. The molecule has 0 radical (unpaired) electrons. The van der Waals surface area contributed by atoms with E-state index in [1.165, 1.54) is 18.9 Å². The van der Waals surface area contributed by atoms with E-state index in [1.807, 2.05) is 0 Å². The summed E-state index contributed by atoms with van der Waals surface area (Å²) in [5, 5.41) is 9.36. The van der Waals surface area contributed by atoms with Gasteiger partial charge < -0.3 is 14.6 Å². The second-order valence-corrected chi connectivity index (χ2v) is 3.78. The first-order chi connectivity index (χ1) is 7.10. The molecule has 0 aromatic heterocycles. The lowest BCUT2D eigenvalue weighted by molar-refractivity contribution is -0.145. The lowest BCUT2D eigenvalue weighted by Crippen LogP contribution is -2.18. The summed E-state index contributed by atoms with van der Waals surface area (Å²) in [6, 6.07) is 0. The Labute approximate surface area is 93.1 Å². The molecule has 1 N–H and O–H groups in total. The van der Waals surface area contributed by atoms with E-state index in [2.05, 4.69) is 9.47 Å². The molecule has 15 heavy (non-hydrogen) atoms. The highest BCUT2D eigenvalue weighted by atomic mass is 32.2. The van der Waals surface area contributed by atoms with Gasteiger partial charge in [-0.3, -0.25) is 9.59 Å². The van der Waals surface area contributed by atoms with Crippen LogP contribution in [0, 0.1) is 0 Å².